The first-order valence-electron chi connectivity index (χ1n) is 13.5. The van der Waals surface area contributed by atoms with Crippen molar-refractivity contribution in [2.45, 2.75) is 82.8 Å². The van der Waals surface area contributed by atoms with Crippen molar-refractivity contribution in [3.8, 4) is 0 Å². The predicted octanol–water partition coefficient (Wildman–Crippen LogP) is 3.66. The normalized spacial score (nSPS) is 21.9. The molecule has 0 radical (unpaired) electrons. The lowest BCUT2D eigenvalue weighted by Gasteiger charge is -2.25. The van der Waals surface area contributed by atoms with Gasteiger partial charge in [-0.15, -0.1) is 0 Å². The third-order valence-electron chi connectivity index (χ3n) is 8.36. The van der Waals surface area contributed by atoms with Crippen LogP contribution in [0.2, 0.25) is 0 Å². The molecule has 2 aromatic rings. The number of nitrogens with one attached hydrogen (secondary N) is 1. The molecule has 9 heteroatoms. The molecule has 1 aromatic carbocycles. The van der Waals surface area contributed by atoms with E-state index in [4.69, 9.17) is 4.74 Å². The van der Waals surface area contributed by atoms with Crippen LogP contribution in [0.4, 0.5) is 10.1 Å². The molecule has 2 heterocycles. The third-order valence-corrected chi connectivity index (χ3v) is 8.36. The van der Waals surface area contributed by atoms with Crippen molar-refractivity contribution in [2.24, 2.45) is 5.92 Å². The van der Waals surface area contributed by atoms with Crippen LogP contribution in [0.5, 0.6) is 0 Å². The van der Waals surface area contributed by atoms with Gasteiger partial charge in [0.25, 0.3) is 5.56 Å². The molecule has 2 saturated carbocycles. The predicted molar refractivity (Wildman–Crippen MR) is 137 cm³/mol. The summed E-state index contributed by atoms with van der Waals surface area (Å²) in [6.07, 6.45) is 10.00. The van der Waals surface area contributed by atoms with Gasteiger partial charge in [0.1, 0.15) is 5.82 Å². The lowest BCUT2D eigenvalue weighted by atomic mass is 9.95. The van der Waals surface area contributed by atoms with Crippen LogP contribution in [0.1, 0.15) is 70.3 Å². The molecule has 8 nitrogen and oxygen atoms in total. The van der Waals surface area contributed by atoms with Crippen LogP contribution in [-0.4, -0.2) is 52.8 Å². The van der Waals surface area contributed by atoms with Gasteiger partial charge in [0, 0.05) is 31.7 Å². The van der Waals surface area contributed by atoms with E-state index in [1.807, 2.05) is 0 Å². The Hall–Kier alpha value is -2.68. The van der Waals surface area contributed by atoms with Gasteiger partial charge in [-0.1, -0.05) is 32.1 Å². The second kappa shape index (κ2) is 10.7. The van der Waals surface area contributed by atoms with Gasteiger partial charge in [-0.3, -0.25) is 18.7 Å². The van der Waals surface area contributed by atoms with Crippen molar-refractivity contribution in [2.75, 3.05) is 32.1 Å². The van der Waals surface area contributed by atoms with Crippen molar-refractivity contribution in [3.05, 3.63) is 38.8 Å². The molecule has 3 aliphatic rings. The van der Waals surface area contributed by atoms with E-state index >= 15 is 4.39 Å². The molecular formula is C27H37FN4O4. The number of aromatic nitrogens is 2. The zero-order valence-corrected chi connectivity index (χ0v) is 21.1. The van der Waals surface area contributed by atoms with Crippen LogP contribution in [0.25, 0.3) is 10.9 Å². The number of carbonyl (C=O) groups is 1. The van der Waals surface area contributed by atoms with Crippen molar-refractivity contribution >= 4 is 22.6 Å². The molecular weight excluding hydrogens is 463 g/mol. The van der Waals surface area contributed by atoms with E-state index in [1.165, 1.54) is 24.2 Å². The highest BCUT2D eigenvalue weighted by molar-refractivity contribution is 5.82. The summed E-state index contributed by atoms with van der Waals surface area (Å²) in [6.45, 7) is 1.95. The zero-order valence-electron chi connectivity index (χ0n) is 21.1. The van der Waals surface area contributed by atoms with Crippen LogP contribution >= 0.6 is 0 Å². The Kier molecular flexibility index (Phi) is 7.46. The standard InChI is InChI=1S/C27H37FN4O4/c1-36-26(34)18-11-12-30(17-18)13-14-31-25(33)21-15-22(28)23(29-19-7-3-2-4-8-19)16-24(21)32(27(31)35)20-9-5-6-10-20/h15-16,18-20,29H,2-14,17H2,1H3. The summed E-state index contributed by atoms with van der Waals surface area (Å²) in [6, 6.07) is 3.22. The Balaban J connectivity index is 1.48. The summed E-state index contributed by atoms with van der Waals surface area (Å²) < 4.78 is 23.1. The van der Waals surface area contributed by atoms with Crippen molar-refractivity contribution in [1.29, 1.82) is 0 Å². The first-order valence-corrected chi connectivity index (χ1v) is 13.5. The number of anilines is 1. The van der Waals surface area contributed by atoms with E-state index in [9.17, 15) is 14.4 Å². The summed E-state index contributed by atoms with van der Waals surface area (Å²) >= 11 is 0. The number of hydrogen-bond acceptors (Lipinski definition) is 6. The summed E-state index contributed by atoms with van der Waals surface area (Å²) in [4.78, 5) is 41.1. The summed E-state index contributed by atoms with van der Waals surface area (Å²) in [5.74, 6) is -0.853. The number of ether oxygens (including phenoxy) is 1. The highest BCUT2D eigenvalue weighted by Crippen LogP contribution is 2.32. The molecule has 1 aliphatic heterocycles. The second-order valence-corrected chi connectivity index (χ2v) is 10.7. The van der Waals surface area contributed by atoms with E-state index in [-0.39, 0.29) is 41.6 Å². The number of rotatable bonds is 7. The molecule has 1 N–H and O–H groups in total. The Morgan fingerprint density at radius 1 is 1.03 bits per heavy atom. The average molecular weight is 501 g/mol. The van der Waals surface area contributed by atoms with Crippen LogP contribution in [0.3, 0.4) is 0 Å². The Bertz CT molecular complexity index is 1230. The Morgan fingerprint density at radius 3 is 2.47 bits per heavy atom. The molecule has 3 fully saturated rings. The summed E-state index contributed by atoms with van der Waals surface area (Å²) in [7, 11) is 1.39. The minimum Gasteiger partial charge on any atom is -0.469 e. The summed E-state index contributed by atoms with van der Waals surface area (Å²) in [5.41, 5.74) is 0.137. The van der Waals surface area contributed by atoms with Crippen LogP contribution < -0.4 is 16.6 Å². The molecule has 2 aliphatic carbocycles. The molecule has 1 aromatic heterocycles. The number of fused-ring (bicyclic) bond motifs is 1. The molecule has 0 amide bonds. The maximum Gasteiger partial charge on any atom is 0.331 e. The number of halogens is 1. The first-order chi connectivity index (χ1) is 17.5. The molecule has 1 unspecified atom stereocenters. The Morgan fingerprint density at radius 2 is 1.75 bits per heavy atom. The molecule has 0 spiro atoms. The van der Waals surface area contributed by atoms with Gasteiger partial charge < -0.3 is 15.0 Å². The fraction of sp³-hybridized carbons (Fsp3) is 0.667. The largest absolute Gasteiger partial charge is 0.469 e. The van der Waals surface area contributed by atoms with Gasteiger partial charge in [-0.05, 0) is 50.8 Å². The Labute approximate surface area is 210 Å². The molecule has 1 atom stereocenters. The van der Waals surface area contributed by atoms with E-state index in [0.717, 1.165) is 51.4 Å². The fourth-order valence-electron chi connectivity index (χ4n) is 6.32. The third kappa shape index (κ3) is 4.94. The average Bonchev–Trinajstić information content (AvgIpc) is 3.58. The van der Waals surface area contributed by atoms with Gasteiger partial charge in [0.05, 0.1) is 29.6 Å². The lowest BCUT2D eigenvalue weighted by molar-refractivity contribution is -0.144. The maximum absolute atomic E-state index is 15.2. The molecule has 1 saturated heterocycles. The minimum atomic E-state index is -0.450. The summed E-state index contributed by atoms with van der Waals surface area (Å²) in [5, 5.41) is 3.60. The highest BCUT2D eigenvalue weighted by atomic mass is 19.1. The van der Waals surface area contributed by atoms with Crippen molar-refractivity contribution in [1.82, 2.24) is 14.0 Å². The van der Waals surface area contributed by atoms with Gasteiger partial charge in [-0.2, -0.15) is 0 Å². The van der Waals surface area contributed by atoms with Gasteiger partial charge in [0.15, 0.2) is 0 Å². The second-order valence-electron chi connectivity index (χ2n) is 10.7. The molecule has 0 bridgehead atoms. The van der Waals surface area contributed by atoms with Gasteiger partial charge >= 0.3 is 11.7 Å². The van der Waals surface area contributed by atoms with Crippen LogP contribution in [0, 0.1) is 11.7 Å². The van der Waals surface area contributed by atoms with Gasteiger partial charge in [0.2, 0.25) is 0 Å². The minimum absolute atomic E-state index is 0.00957. The monoisotopic (exact) mass is 500 g/mol. The fourth-order valence-corrected chi connectivity index (χ4v) is 6.32. The lowest BCUT2D eigenvalue weighted by Crippen LogP contribution is -2.43. The number of nitrogens with zero attached hydrogens (tertiary/aromatic N) is 3. The first kappa shape index (κ1) is 25.0. The molecule has 196 valence electrons. The number of hydrogen-bond donors (Lipinski definition) is 1. The quantitative estimate of drug-likeness (QED) is 0.584. The number of benzene rings is 1. The zero-order chi connectivity index (χ0) is 25.2. The van der Waals surface area contributed by atoms with E-state index in [1.54, 1.807) is 10.6 Å². The van der Waals surface area contributed by atoms with E-state index in [2.05, 4.69) is 10.2 Å². The van der Waals surface area contributed by atoms with Gasteiger partial charge in [-0.25, -0.2) is 9.18 Å². The topological polar surface area (TPSA) is 85.6 Å². The van der Waals surface area contributed by atoms with E-state index < -0.39 is 11.4 Å². The van der Waals surface area contributed by atoms with Crippen molar-refractivity contribution in [3.63, 3.8) is 0 Å². The number of likely N-dealkylation sites (tertiary alicyclic amines) is 1. The highest BCUT2D eigenvalue weighted by Gasteiger charge is 2.30. The number of esters is 1. The maximum atomic E-state index is 15.2. The molecule has 5 rings (SSSR count). The van der Waals surface area contributed by atoms with Crippen LogP contribution in [0.15, 0.2) is 21.7 Å². The smallest absolute Gasteiger partial charge is 0.331 e. The van der Waals surface area contributed by atoms with E-state index in [0.29, 0.717) is 37.3 Å². The molecule has 36 heavy (non-hydrogen) atoms. The SMILES string of the molecule is COC(=O)C1CCN(CCn2c(=O)c3cc(F)c(NC4CCCCC4)cc3n(C3CCCC3)c2=O)C1. The number of carbonyl (C=O) groups excluding carboxylic acids is 1. The number of methoxy groups -OCH3 is 1. The van der Waals surface area contributed by atoms with Crippen molar-refractivity contribution < 1.29 is 13.9 Å². The van der Waals surface area contributed by atoms with Crippen LogP contribution in [-0.2, 0) is 16.1 Å².